The summed E-state index contributed by atoms with van der Waals surface area (Å²) < 4.78 is 0. The van der Waals surface area contributed by atoms with Crippen LogP contribution in [-0.2, 0) is 6.54 Å². The molecule has 66 valence electrons. The molecule has 0 bridgehead atoms. The van der Waals surface area contributed by atoms with E-state index in [4.69, 9.17) is 12.2 Å². The van der Waals surface area contributed by atoms with Crippen LogP contribution in [0.5, 0.6) is 0 Å². The van der Waals surface area contributed by atoms with Gasteiger partial charge in [-0.15, -0.1) is 0 Å². The molecule has 4 heteroatoms. The third kappa shape index (κ3) is 2.23. The van der Waals surface area contributed by atoms with Gasteiger partial charge in [0.05, 0.1) is 6.54 Å². The summed E-state index contributed by atoms with van der Waals surface area (Å²) in [6, 6.07) is 4.01. The molecule has 3 nitrogen and oxygen atoms in total. The fraction of sp³-hybridized carbons (Fsp3) is 0.375. The van der Waals surface area contributed by atoms with Crippen molar-refractivity contribution in [1.82, 2.24) is 15.2 Å². The molecule has 0 amide bonds. The summed E-state index contributed by atoms with van der Waals surface area (Å²) in [5.41, 5.74) is 1.16. The van der Waals surface area contributed by atoms with Gasteiger partial charge in [-0.1, -0.05) is 0 Å². The average Bonchev–Trinajstić information content (AvgIpc) is 2.55. The molecule has 1 aromatic heterocycles. The van der Waals surface area contributed by atoms with Crippen LogP contribution in [0.2, 0.25) is 0 Å². The van der Waals surface area contributed by atoms with Gasteiger partial charge in [0.2, 0.25) is 0 Å². The molecule has 0 fully saturated rings. The maximum absolute atomic E-state index is 5.05. The van der Waals surface area contributed by atoms with E-state index in [0.29, 0.717) is 0 Å². The molecule has 1 rings (SSSR count). The van der Waals surface area contributed by atoms with E-state index in [9.17, 15) is 0 Å². The molecule has 0 radical (unpaired) electrons. The highest BCUT2D eigenvalue weighted by Crippen LogP contribution is 1.99. The van der Waals surface area contributed by atoms with Gasteiger partial charge in [0.15, 0.2) is 5.11 Å². The lowest BCUT2D eigenvalue weighted by Gasteiger charge is -2.18. The van der Waals surface area contributed by atoms with Crippen LogP contribution >= 0.6 is 12.2 Å². The number of nitrogens with one attached hydrogen (secondary N) is 2. The highest BCUT2D eigenvalue weighted by Gasteiger charge is 2.02. The standard InChI is InChI=1S/C8H13N3S/c1-9-8(12)11(2)6-7-4-3-5-10-7/h3-5,10H,6H2,1-2H3,(H,9,12). The molecule has 0 aliphatic rings. The van der Waals surface area contributed by atoms with Crippen molar-refractivity contribution in [2.24, 2.45) is 0 Å². The van der Waals surface area contributed by atoms with Gasteiger partial charge in [-0.2, -0.15) is 0 Å². The summed E-state index contributed by atoms with van der Waals surface area (Å²) in [6.07, 6.45) is 1.91. The van der Waals surface area contributed by atoms with Crippen molar-refractivity contribution in [3.8, 4) is 0 Å². The molecule has 0 saturated heterocycles. The monoisotopic (exact) mass is 183 g/mol. The van der Waals surface area contributed by atoms with Crippen molar-refractivity contribution >= 4 is 17.3 Å². The summed E-state index contributed by atoms with van der Waals surface area (Å²) in [6.45, 7) is 0.812. The second-order valence-corrected chi connectivity index (χ2v) is 2.99. The van der Waals surface area contributed by atoms with E-state index in [-0.39, 0.29) is 0 Å². The van der Waals surface area contributed by atoms with Crippen molar-refractivity contribution in [3.05, 3.63) is 24.0 Å². The quantitative estimate of drug-likeness (QED) is 0.669. The van der Waals surface area contributed by atoms with Gasteiger partial charge in [-0.05, 0) is 24.4 Å². The average molecular weight is 183 g/mol. The summed E-state index contributed by atoms with van der Waals surface area (Å²) in [7, 11) is 3.78. The Morgan fingerprint density at radius 1 is 1.75 bits per heavy atom. The fourth-order valence-electron chi connectivity index (χ4n) is 0.984. The van der Waals surface area contributed by atoms with Crippen LogP contribution in [0.3, 0.4) is 0 Å². The summed E-state index contributed by atoms with van der Waals surface area (Å²) in [5, 5.41) is 3.67. The van der Waals surface area contributed by atoms with E-state index in [2.05, 4.69) is 10.3 Å². The smallest absolute Gasteiger partial charge is 0.168 e. The minimum Gasteiger partial charge on any atom is -0.366 e. The zero-order valence-corrected chi connectivity index (χ0v) is 8.11. The largest absolute Gasteiger partial charge is 0.366 e. The topological polar surface area (TPSA) is 31.1 Å². The molecular formula is C8H13N3S. The lowest BCUT2D eigenvalue weighted by molar-refractivity contribution is 0.488. The number of rotatable bonds is 2. The van der Waals surface area contributed by atoms with E-state index in [0.717, 1.165) is 17.4 Å². The van der Waals surface area contributed by atoms with Gasteiger partial charge in [-0.3, -0.25) is 0 Å². The number of H-pyrrole nitrogens is 1. The molecule has 12 heavy (non-hydrogen) atoms. The minimum atomic E-state index is 0.754. The molecule has 0 aliphatic heterocycles. The Balaban J connectivity index is 2.47. The van der Waals surface area contributed by atoms with Crippen LogP contribution in [0.4, 0.5) is 0 Å². The van der Waals surface area contributed by atoms with Gasteiger partial charge in [-0.25, -0.2) is 0 Å². The molecule has 0 atom stereocenters. The molecule has 0 unspecified atom stereocenters. The predicted octanol–water partition coefficient (Wildman–Crippen LogP) is 0.951. The Hall–Kier alpha value is -1.03. The number of aromatic nitrogens is 1. The number of hydrogen-bond acceptors (Lipinski definition) is 1. The molecule has 0 spiro atoms. The van der Waals surface area contributed by atoms with Gasteiger partial charge in [0, 0.05) is 26.0 Å². The molecule has 1 aromatic rings. The van der Waals surface area contributed by atoms with Crippen LogP contribution < -0.4 is 5.32 Å². The van der Waals surface area contributed by atoms with Crippen molar-refractivity contribution in [2.75, 3.05) is 14.1 Å². The van der Waals surface area contributed by atoms with Crippen LogP contribution in [0.1, 0.15) is 5.69 Å². The summed E-state index contributed by atoms with van der Waals surface area (Å²) >= 11 is 5.05. The van der Waals surface area contributed by atoms with Crippen LogP contribution in [0.25, 0.3) is 0 Å². The second kappa shape index (κ2) is 4.11. The molecule has 0 aliphatic carbocycles. The van der Waals surface area contributed by atoms with Gasteiger partial charge in [0.1, 0.15) is 0 Å². The van der Waals surface area contributed by atoms with Crippen LogP contribution in [0.15, 0.2) is 18.3 Å². The van der Waals surface area contributed by atoms with E-state index in [1.807, 2.05) is 37.3 Å². The second-order valence-electron chi connectivity index (χ2n) is 2.61. The lowest BCUT2D eigenvalue weighted by Crippen LogP contribution is -2.34. The fourth-order valence-corrected chi connectivity index (χ4v) is 1.05. The number of thiocarbonyl (C=S) groups is 1. The van der Waals surface area contributed by atoms with Gasteiger partial charge in [0.25, 0.3) is 0 Å². The zero-order chi connectivity index (χ0) is 8.97. The number of hydrogen-bond donors (Lipinski definition) is 2. The first-order valence-electron chi connectivity index (χ1n) is 3.79. The summed E-state index contributed by atoms with van der Waals surface area (Å²) in [5.74, 6) is 0. The Kier molecular flexibility index (Phi) is 3.10. The van der Waals surface area contributed by atoms with E-state index < -0.39 is 0 Å². The lowest BCUT2D eigenvalue weighted by atomic mass is 10.4. The molecule has 0 saturated carbocycles. The Labute approximate surface area is 77.8 Å². The molecule has 1 heterocycles. The highest BCUT2D eigenvalue weighted by atomic mass is 32.1. The van der Waals surface area contributed by atoms with Gasteiger partial charge >= 0.3 is 0 Å². The predicted molar refractivity (Wildman–Crippen MR) is 53.9 cm³/mol. The molecular weight excluding hydrogens is 170 g/mol. The van der Waals surface area contributed by atoms with Crippen molar-refractivity contribution in [2.45, 2.75) is 6.54 Å². The number of nitrogens with zero attached hydrogens (tertiary/aromatic N) is 1. The van der Waals surface area contributed by atoms with E-state index in [1.165, 1.54) is 0 Å². The van der Waals surface area contributed by atoms with Crippen molar-refractivity contribution < 1.29 is 0 Å². The maximum Gasteiger partial charge on any atom is 0.168 e. The third-order valence-corrected chi connectivity index (χ3v) is 2.15. The van der Waals surface area contributed by atoms with E-state index >= 15 is 0 Å². The Morgan fingerprint density at radius 3 is 3.00 bits per heavy atom. The van der Waals surface area contributed by atoms with Crippen LogP contribution in [-0.4, -0.2) is 29.1 Å². The van der Waals surface area contributed by atoms with E-state index in [1.54, 1.807) is 0 Å². The Bertz CT molecular complexity index is 243. The van der Waals surface area contributed by atoms with Crippen molar-refractivity contribution in [1.29, 1.82) is 0 Å². The summed E-state index contributed by atoms with van der Waals surface area (Å²) in [4.78, 5) is 5.09. The van der Waals surface area contributed by atoms with Crippen LogP contribution in [0, 0.1) is 0 Å². The van der Waals surface area contributed by atoms with Gasteiger partial charge < -0.3 is 15.2 Å². The zero-order valence-electron chi connectivity index (χ0n) is 7.29. The first kappa shape index (κ1) is 9.06. The normalized spacial score (nSPS) is 9.50. The maximum atomic E-state index is 5.05. The first-order chi connectivity index (χ1) is 5.74. The molecule has 0 aromatic carbocycles. The van der Waals surface area contributed by atoms with Crippen molar-refractivity contribution in [3.63, 3.8) is 0 Å². The third-order valence-electron chi connectivity index (χ3n) is 1.63. The first-order valence-corrected chi connectivity index (χ1v) is 4.20. The molecule has 2 N–H and O–H groups in total. The Morgan fingerprint density at radius 2 is 2.50 bits per heavy atom. The minimum absolute atomic E-state index is 0.754. The number of aromatic amines is 1. The SMILES string of the molecule is CNC(=S)N(C)Cc1ccc[nH]1. The highest BCUT2D eigenvalue weighted by molar-refractivity contribution is 7.80.